The highest BCUT2D eigenvalue weighted by Gasteiger charge is 2.55. The van der Waals surface area contributed by atoms with Gasteiger partial charge in [0.05, 0.1) is 6.04 Å². The molecular weight excluding hydrogens is 266 g/mol. The fraction of sp³-hybridized carbons (Fsp3) is 0.667. The molecule has 8 heteroatoms. The lowest BCUT2D eigenvalue weighted by Crippen LogP contribution is -2.59. The van der Waals surface area contributed by atoms with Crippen molar-refractivity contribution in [2.75, 3.05) is 6.54 Å². The lowest BCUT2D eigenvalue weighted by molar-refractivity contribution is -0.163. The highest BCUT2D eigenvalue weighted by Crippen LogP contribution is 2.30. The molecule has 2 atom stereocenters. The first-order valence-electron chi connectivity index (χ1n) is 6.43. The average molecular weight is 285 g/mol. The topological polar surface area (TPSA) is 144 Å². The summed E-state index contributed by atoms with van der Waals surface area (Å²) in [6.45, 7) is 0.455. The van der Waals surface area contributed by atoms with Crippen LogP contribution in [0.15, 0.2) is 0 Å². The summed E-state index contributed by atoms with van der Waals surface area (Å²) in [5, 5.41) is 9.16. The van der Waals surface area contributed by atoms with Crippen LogP contribution < -0.4 is 11.5 Å². The molecular formula is C12H19N3O5. The molecule has 1 rings (SSSR count). The Balaban J connectivity index is 2.90. The quantitative estimate of drug-likeness (QED) is 0.297. The second-order valence-electron chi connectivity index (χ2n) is 4.81. The molecule has 1 aliphatic heterocycles. The van der Waals surface area contributed by atoms with Gasteiger partial charge in [-0.05, 0) is 25.8 Å². The Labute approximate surface area is 116 Å². The van der Waals surface area contributed by atoms with Crippen molar-refractivity contribution in [3.63, 3.8) is 0 Å². The van der Waals surface area contributed by atoms with E-state index in [2.05, 4.69) is 0 Å². The minimum Gasteiger partial charge on any atom is -0.479 e. The summed E-state index contributed by atoms with van der Waals surface area (Å²) in [5.41, 5.74) is 8.90. The number of amides is 2. The predicted molar refractivity (Wildman–Crippen MR) is 68.4 cm³/mol. The van der Waals surface area contributed by atoms with Crippen molar-refractivity contribution >= 4 is 24.1 Å². The van der Waals surface area contributed by atoms with Crippen LogP contribution in [0.4, 0.5) is 0 Å². The molecule has 0 aliphatic carbocycles. The summed E-state index contributed by atoms with van der Waals surface area (Å²) >= 11 is 0. The number of nitrogens with two attached hydrogens (primary N) is 2. The summed E-state index contributed by atoms with van der Waals surface area (Å²) < 4.78 is 0. The maximum Gasteiger partial charge on any atom is 0.337 e. The summed E-state index contributed by atoms with van der Waals surface area (Å²) in [4.78, 5) is 46.8. The maximum atomic E-state index is 12.2. The first-order chi connectivity index (χ1) is 9.40. The molecule has 1 aliphatic rings. The second-order valence-corrected chi connectivity index (χ2v) is 4.81. The van der Waals surface area contributed by atoms with Gasteiger partial charge in [-0.3, -0.25) is 14.5 Å². The highest BCUT2D eigenvalue weighted by atomic mass is 16.4. The smallest absolute Gasteiger partial charge is 0.337 e. The molecule has 0 aromatic heterocycles. The monoisotopic (exact) mass is 285 g/mol. The molecule has 8 nitrogen and oxygen atoms in total. The van der Waals surface area contributed by atoms with Gasteiger partial charge >= 0.3 is 5.97 Å². The van der Waals surface area contributed by atoms with Crippen LogP contribution in [-0.2, 0) is 19.2 Å². The van der Waals surface area contributed by atoms with Gasteiger partial charge in [-0.15, -0.1) is 0 Å². The minimum absolute atomic E-state index is 0.130. The Morgan fingerprint density at radius 2 is 2.10 bits per heavy atom. The van der Waals surface area contributed by atoms with E-state index in [0.717, 1.165) is 0 Å². The highest BCUT2D eigenvalue weighted by molar-refractivity contribution is 6.12. The third-order valence-corrected chi connectivity index (χ3v) is 3.44. The average Bonchev–Trinajstić information content (AvgIpc) is 2.76. The number of rotatable bonds is 7. The number of hydrogen-bond donors (Lipinski definition) is 3. The normalized spacial score (nSPS) is 23.7. The largest absolute Gasteiger partial charge is 0.479 e. The van der Waals surface area contributed by atoms with Crippen molar-refractivity contribution in [2.24, 2.45) is 11.5 Å². The molecule has 1 heterocycles. The van der Waals surface area contributed by atoms with Gasteiger partial charge in [-0.25, -0.2) is 4.79 Å². The number of aliphatic carboxylic acids is 1. The molecule has 1 saturated heterocycles. The van der Waals surface area contributed by atoms with Gasteiger partial charge in [0.15, 0.2) is 6.29 Å². The SMILES string of the molecule is NCCCC[C@H](N)C(=O)N1C(=O)CC[C@@]1(C=O)C(=O)O. The van der Waals surface area contributed by atoms with Crippen molar-refractivity contribution in [3.05, 3.63) is 0 Å². The fourth-order valence-corrected chi connectivity index (χ4v) is 2.23. The molecule has 0 spiro atoms. The predicted octanol–water partition coefficient (Wildman–Crippen LogP) is -1.39. The molecule has 20 heavy (non-hydrogen) atoms. The molecule has 0 aromatic rings. The van der Waals surface area contributed by atoms with Gasteiger partial charge in [0.2, 0.25) is 17.4 Å². The van der Waals surface area contributed by atoms with E-state index < -0.39 is 29.4 Å². The zero-order chi connectivity index (χ0) is 15.3. The second kappa shape index (κ2) is 6.58. The number of carboxylic acids is 1. The van der Waals surface area contributed by atoms with E-state index in [4.69, 9.17) is 16.6 Å². The number of unbranched alkanes of at least 4 members (excludes halogenated alkanes) is 1. The van der Waals surface area contributed by atoms with Gasteiger partial charge in [0.25, 0.3) is 0 Å². The third kappa shape index (κ3) is 2.86. The summed E-state index contributed by atoms with van der Waals surface area (Å²) in [6.07, 6.45) is 1.30. The first-order valence-corrected chi connectivity index (χ1v) is 6.43. The Morgan fingerprint density at radius 1 is 1.45 bits per heavy atom. The van der Waals surface area contributed by atoms with E-state index in [0.29, 0.717) is 24.3 Å². The molecule has 1 fully saturated rings. The van der Waals surface area contributed by atoms with Crippen LogP contribution in [0.1, 0.15) is 32.1 Å². The number of carbonyl (C=O) groups excluding carboxylic acids is 3. The summed E-state index contributed by atoms with van der Waals surface area (Å²) in [6, 6.07) is -1.01. The van der Waals surface area contributed by atoms with Gasteiger partial charge in [0.1, 0.15) is 0 Å². The zero-order valence-corrected chi connectivity index (χ0v) is 11.1. The van der Waals surface area contributed by atoms with Crippen LogP contribution in [0, 0.1) is 0 Å². The standard InChI is InChI=1S/C12H19N3O5/c13-6-2-1-3-8(14)10(18)15-9(17)4-5-12(15,7-16)11(19)20/h7-8H,1-6,13-14H2,(H,19,20)/t8-,12+/m0/s1. The van der Waals surface area contributed by atoms with Gasteiger partial charge in [-0.1, -0.05) is 6.42 Å². The summed E-state index contributed by atoms with van der Waals surface area (Å²) in [7, 11) is 0. The first kappa shape index (κ1) is 16.3. The Morgan fingerprint density at radius 3 is 2.60 bits per heavy atom. The van der Waals surface area contributed by atoms with Crippen molar-refractivity contribution < 1.29 is 24.3 Å². The lowest BCUT2D eigenvalue weighted by Gasteiger charge is -2.30. The zero-order valence-electron chi connectivity index (χ0n) is 11.1. The molecule has 2 amide bonds. The van der Waals surface area contributed by atoms with Crippen LogP contribution in [0.5, 0.6) is 0 Å². The Bertz CT molecular complexity index is 425. The van der Waals surface area contributed by atoms with E-state index in [1.165, 1.54) is 0 Å². The fourth-order valence-electron chi connectivity index (χ4n) is 2.23. The number of carboxylic acid groups (broad SMARTS) is 1. The number of hydrogen-bond acceptors (Lipinski definition) is 6. The minimum atomic E-state index is -2.11. The van der Waals surface area contributed by atoms with E-state index in [1.807, 2.05) is 0 Å². The van der Waals surface area contributed by atoms with E-state index in [1.54, 1.807) is 0 Å². The number of likely N-dealkylation sites (tertiary alicyclic amines) is 1. The molecule has 0 unspecified atom stereocenters. The molecule has 0 aromatic carbocycles. The maximum absolute atomic E-state index is 12.2. The van der Waals surface area contributed by atoms with Gasteiger partial charge < -0.3 is 21.4 Å². The lowest BCUT2D eigenvalue weighted by atomic mass is 9.97. The van der Waals surface area contributed by atoms with Crippen LogP contribution in [-0.4, -0.2) is 52.2 Å². The molecule has 112 valence electrons. The number of carbonyl (C=O) groups is 4. The van der Waals surface area contributed by atoms with E-state index >= 15 is 0 Å². The Kier molecular flexibility index (Phi) is 5.34. The van der Waals surface area contributed by atoms with Crippen LogP contribution in [0.25, 0.3) is 0 Å². The van der Waals surface area contributed by atoms with Crippen LogP contribution in [0.2, 0.25) is 0 Å². The van der Waals surface area contributed by atoms with Gasteiger partial charge in [0, 0.05) is 6.42 Å². The Hall–Kier alpha value is -1.80. The number of nitrogens with zero attached hydrogens (tertiary/aromatic N) is 1. The molecule has 0 radical (unpaired) electrons. The third-order valence-electron chi connectivity index (χ3n) is 3.44. The van der Waals surface area contributed by atoms with Crippen molar-refractivity contribution in [2.45, 2.75) is 43.7 Å². The van der Waals surface area contributed by atoms with E-state index in [9.17, 15) is 19.2 Å². The van der Waals surface area contributed by atoms with Crippen LogP contribution in [0.3, 0.4) is 0 Å². The molecule has 5 N–H and O–H groups in total. The van der Waals surface area contributed by atoms with Crippen LogP contribution >= 0.6 is 0 Å². The van der Waals surface area contributed by atoms with Crippen molar-refractivity contribution in [1.29, 1.82) is 0 Å². The van der Waals surface area contributed by atoms with Crippen molar-refractivity contribution in [3.8, 4) is 0 Å². The van der Waals surface area contributed by atoms with Crippen molar-refractivity contribution in [1.82, 2.24) is 4.90 Å². The number of aldehydes is 1. The number of imide groups is 1. The molecule has 0 saturated carbocycles. The summed E-state index contributed by atoms with van der Waals surface area (Å²) in [5.74, 6) is -3.02. The molecule has 0 bridgehead atoms. The van der Waals surface area contributed by atoms with Gasteiger partial charge in [-0.2, -0.15) is 0 Å². The van der Waals surface area contributed by atoms with E-state index in [-0.39, 0.29) is 25.5 Å².